The van der Waals surface area contributed by atoms with E-state index in [1.807, 2.05) is 23.6 Å². The lowest BCUT2D eigenvalue weighted by molar-refractivity contribution is -0.122. The van der Waals surface area contributed by atoms with E-state index in [0.717, 1.165) is 48.4 Å². The fourth-order valence-corrected chi connectivity index (χ4v) is 5.60. The number of carbonyl (C=O) groups excluding carboxylic acids is 1. The van der Waals surface area contributed by atoms with Gasteiger partial charge in [0.15, 0.2) is 16.6 Å². The van der Waals surface area contributed by atoms with Gasteiger partial charge in [0, 0.05) is 22.9 Å². The summed E-state index contributed by atoms with van der Waals surface area (Å²) in [5.41, 5.74) is 8.14. The van der Waals surface area contributed by atoms with Crippen LogP contribution in [0.25, 0.3) is 11.3 Å². The summed E-state index contributed by atoms with van der Waals surface area (Å²) in [4.78, 5) is 17.4. The summed E-state index contributed by atoms with van der Waals surface area (Å²) in [7, 11) is 0. The Morgan fingerprint density at radius 1 is 1.14 bits per heavy atom. The Bertz CT molecular complexity index is 870. The van der Waals surface area contributed by atoms with Crippen molar-refractivity contribution in [3.8, 4) is 22.8 Å². The van der Waals surface area contributed by atoms with Crippen molar-refractivity contribution >= 4 is 22.4 Å². The van der Waals surface area contributed by atoms with Crippen LogP contribution in [0.15, 0.2) is 23.6 Å². The lowest BCUT2D eigenvalue weighted by atomic mass is 9.65. The third-order valence-corrected chi connectivity index (χ3v) is 7.11. The number of anilines is 1. The summed E-state index contributed by atoms with van der Waals surface area (Å²) in [5, 5.41) is 5.65. The Kier molecular flexibility index (Phi) is 4.72. The zero-order valence-corrected chi connectivity index (χ0v) is 16.5. The number of benzene rings is 1. The van der Waals surface area contributed by atoms with Crippen LogP contribution in [0.2, 0.25) is 0 Å². The van der Waals surface area contributed by atoms with Crippen LogP contribution < -0.4 is 20.5 Å². The number of nitrogens with two attached hydrogens (primary N) is 1. The molecule has 3 N–H and O–H groups in total. The van der Waals surface area contributed by atoms with Crippen molar-refractivity contribution in [3.63, 3.8) is 0 Å². The molecule has 2 aromatic rings. The van der Waals surface area contributed by atoms with Gasteiger partial charge in [-0.15, -0.1) is 11.3 Å². The number of hydrogen-bond acceptors (Lipinski definition) is 6. The van der Waals surface area contributed by atoms with Gasteiger partial charge in [-0.05, 0) is 55.7 Å². The van der Waals surface area contributed by atoms with Crippen LogP contribution in [0.1, 0.15) is 32.1 Å². The number of nitrogens with one attached hydrogen (secondary N) is 1. The summed E-state index contributed by atoms with van der Waals surface area (Å²) >= 11 is 1.46. The summed E-state index contributed by atoms with van der Waals surface area (Å²) in [6.45, 7) is 1.13. The van der Waals surface area contributed by atoms with Gasteiger partial charge in [-0.3, -0.25) is 4.79 Å². The van der Waals surface area contributed by atoms with E-state index in [1.54, 1.807) is 0 Å². The highest BCUT2D eigenvalue weighted by molar-refractivity contribution is 7.14. The number of rotatable bonds is 3. The molecular formula is C21H25N3O3S. The molecule has 2 unspecified atom stereocenters. The maximum atomic E-state index is 12.8. The molecule has 148 valence electrons. The summed E-state index contributed by atoms with van der Waals surface area (Å²) < 4.78 is 11.2. The minimum atomic E-state index is 0.0525. The van der Waals surface area contributed by atoms with Gasteiger partial charge in [0.1, 0.15) is 13.2 Å². The van der Waals surface area contributed by atoms with Gasteiger partial charge >= 0.3 is 0 Å². The number of ether oxygens (including phenoxy) is 2. The molecular weight excluding hydrogens is 374 g/mol. The average molecular weight is 400 g/mol. The molecule has 0 radical (unpaired) electrons. The van der Waals surface area contributed by atoms with Gasteiger partial charge in [-0.25, -0.2) is 4.98 Å². The van der Waals surface area contributed by atoms with Crippen LogP contribution in [0.3, 0.4) is 0 Å². The largest absolute Gasteiger partial charge is 0.486 e. The Morgan fingerprint density at radius 2 is 1.89 bits per heavy atom. The maximum Gasteiger partial charge on any atom is 0.229 e. The molecule has 28 heavy (non-hydrogen) atoms. The average Bonchev–Trinajstić information content (AvgIpc) is 3.16. The molecule has 2 heterocycles. The molecule has 0 spiro atoms. The van der Waals surface area contributed by atoms with Crippen molar-refractivity contribution in [1.29, 1.82) is 0 Å². The minimum absolute atomic E-state index is 0.0525. The Hall–Kier alpha value is -2.12. The number of amides is 1. The Morgan fingerprint density at radius 3 is 2.68 bits per heavy atom. The first kappa shape index (κ1) is 17.9. The number of hydrogen-bond donors (Lipinski definition) is 2. The van der Waals surface area contributed by atoms with Gasteiger partial charge in [0.2, 0.25) is 5.91 Å². The number of fused-ring (bicyclic) bond motifs is 3. The first-order chi connectivity index (χ1) is 13.7. The van der Waals surface area contributed by atoms with Crippen molar-refractivity contribution in [2.45, 2.75) is 38.1 Å². The maximum absolute atomic E-state index is 12.8. The first-order valence-corrected chi connectivity index (χ1v) is 11.0. The highest BCUT2D eigenvalue weighted by Crippen LogP contribution is 2.42. The normalized spacial score (nSPS) is 28.6. The monoisotopic (exact) mass is 399 g/mol. The molecule has 2 aliphatic carbocycles. The van der Waals surface area contributed by atoms with Crippen molar-refractivity contribution in [2.24, 2.45) is 23.5 Å². The lowest BCUT2D eigenvalue weighted by Gasteiger charge is -2.43. The van der Waals surface area contributed by atoms with Crippen molar-refractivity contribution in [3.05, 3.63) is 23.6 Å². The smallest absolute Gasteiger partial charge is 0.229 e. The van der Waals surface area contributed by atoms with Crippen LogP contribution >= 0.6 is 11.3 Å². The standard InChI is InChI=1S/C21H25N3O3S/c22-19-13-2-1-3-14(19)9-15(8-13)20(25)24-21-23-16(11-28-21)12-4-5-17-18(10-12)27-7-6-26-17/h4-5,10-11,13-15,19H,1-3,6-9,22H2,(H,23,24,25). The van der Waals surface area contributed by atoms with Crippen LogP contribution in [0.5, 0.6) is 11.5 Å². The molecule has 2 atom stereocenters. The first-order valence-electron chi connectivity index (χ1n) is 10.1. The van der Waals surface area contributed by atoms with Gasteiger partial charge in [0.05, 0.1) is 5.69 Å². The summed E-state index contributed by atoms with van der Waals surface area (Å²) in [6.07, 6.45) is 5.39. The molecule has 2 saturated carbocycles. The van der Waals surface area contributed by atoms with Crippen molar-refractivity contribution < 1.29 is 14.3 Å². The van der Waals surface area contributed by atoms with Crippen LogP contribution in [0.4, 0.5) is 5.13 Å². The zero-order valence-electron chi connectivity index (χ0n) is 15.7. The van der Waals surface area contributed by atoms with Gasteiger partial charge < -0.3 is 20.5 Å². The van der Waals surface area contributed by atoms with Gasteiger partial charge in [-0.2, -0.15) is 0 Å². The second-order valence-electron chi connectivity index (χ2n) is 8.08. The molecule has 2 fully saturated rings. The topological polar surface area (TPSA) is 86.5 Å². The molecule has 1 aliphatic heterocycles. The third kappa shape index (κ3) is 3.37. The molecule has 5 rings (SSSR count). The third-order valence-electron chi connectivity index (χ3n) is 6.36. The van der Waals surface area contributed by atoms with Crippen LogP contribution in [-0.2, 0) is 4.79 Å². The molecule has 1 aromatic heterocycles. The van der Waals surface area contributed by atoms with E-state index in [2.05, 4.69) is 10.3 Å². The molecule has 3 aliphatic rings. The summed E-state index contributed by atoms with van der Waals surface area (Å²) in [5.74, 6) is 2.64. The lowest BCUT2D eigenvalue weighted by Crippen LogP contribution is -2.48. The molecule has 0 saturated heterocycles. The Balaban J connectivity index is 1.27. The van der Waals surface area contributed by atoms with E-state index in [1.165, 1.54) is 17.8 Å². The predicted molar refractivity (Wildman–Crippen MR) is 109 cm³/mol. The van der Waals surface area contributed by atoms with E-state index in [4.69, 9.17) is 15.2 Å². The quantitative estimate of drug-likeness (QED) is 0.822. The highest BCUT2D eigenvalue weighted by atomic mass is 32.1. The van der Waals surface area contributed by atoms with E-state index < -0.39 is 0 Å². The number of thiazole rings is 1. The molecule has 6 nitrogen and oxygen atoms in total. The van der Waals surface area contributed by atoms with E-state index in [0.29, 0.717) is 30.2 Å². The second-order valence-corrected chi connectivity index (χ2v) is 8.94. The molecule has 2 bridgehead atoms. The van der Waals surface area contributed by atoms with Crippen LogP contribution in [0, 0.1) is 17.8 Å². The number of carbonyl (C=O) groups is 1. The van der Waals surface area contributed by atoms with E-state index in [9.17, 15) is 4.79 Å². The van der Waals surface area contributed by atoms with Crippen LogP contribution in [-0.4, -0.2) is 30.1 Å². The van der Waals surface area contributed by atoms with Gasteiger partial charge in [0.25, 0.3) is 0 Å². The highest BCUT2D eigenvalue weighted by Gasteiger charge is 2.40. The van der Waals surface area contributed by atoms with Gasteiger partial charge in [-0.1, -0.05) is 6.42 Å². The zero-order chi connectivity index (χ0) is 19.1. The number of nitrogens with zero attached hydrogens (tertiary/aromatic N) is 1. The predicted octanol–water partition coefficient (Wildman–Crippen LogP) is 3.67. The van der Waals surface area contributed by atoms with E-state index >= 15 is 0 Å². The molecule has 7 heteroatoms. The Labute approximate surface area is 168 Å². The second kappa shape index (κ2) is 7.37. The van der Waals surface area contributed by atoms with Crippen molar-refractivity contribution in [1.82, 2.24) is 4.98 Å². The fourth-order valence-electron chi connectivity index (χ4n) is 4.88. The number of aromatic nitrogens is 1. The van der Waals surface area contributed by atoms with Crippen molar-refractivity contribution in [2.75, 3.05) is 18.5 Å². The molecule has 1 amide bonds. The van der Waals surface area contributed by atoms with E-state index in [-0.39, 0.29) is 17.9 Å². The minimum Gasteiger partial charge on any atom is -0.486 e. The SMILES string of the molecule is NC1C2CCCC1CC(C(=O)Nc1nc(-c3ccc4c(c3)OCCO4)cs1)C2. The summed E-state index contributed by atoms with van der Waals surface area (Å²) in [6, 6.07) is 6.10. The fraction of sp³-hybridized carbons (Fsp3) is 0.524. The molecule has 1 aromatic carbocycles.